The Kier molecular flexibility index (Phi) is 10.4. The van der Waals surface area contributed by atoms with Crippen LogP contribution in [0.25, 0.3) is 0 Å². The smallest absolute Gasteiger partial charge is 0.242 e. The van der Waals surface area contributed by atoms with Gasteiger partial charge in [-0.25, -0.2) is 17.5 Å². The van der Waals surface area contributed by atoms with Crippen molar-refractivity contribution < 1.29 is 22.4 Å². The van der Waals surface area contributed by atoms with Crippen LogP contribution in [-0.2, 0) is 39.1 Å². The van der Waals surface area contributed by atoms with E-state index in [0.717, 1.165) is 11.1 Å². The molecule has 0 bridgehead atoms. The topological polar surface area (TPSA) is 95.6 Å². The van der Waals surface area contributed by atoms with Gasteiger partial charge in [-0.05, 0) is 60.4 Å². The van der Waals surface area contributed by atoms with E-state index in [1.807, 2.05) is 12.1 Å². The molecule has 2 amide bonds. The molecule has 3 aromatic rings. The van der Waals surface area contributed by atoms with Crippen LogP contribution in [0.3, 0.4) is 0 Å². The van der Waals surface area contributed by atoms with E-state index in [2.05, 4.69) is 10.0 Å². The predicted octanol–water partition coefficient (Wildman–Crippen LogP) is 4.44. The Bertz CT molecular complexity index is 1350. The SMILES string of the molecule is CCNS(=O)(=O)c1ccc(CCC(=O)N(Cc2ccc(F)cc2)[C@@H](C)C(=O)NCc2ccccc2Cl)cc1. The zero-order valence-corrected chi connectivity index (χ0v) is 22.9. The molecule has 0 aliphatic carbocycles. The quantitative estimate of drug-likeness (QED) is 0.343. The van der Waals surface area contributed by atoms with Gasteiger partial charge in [0, 0.05) is 31.1 Å². The molecule has 7 nitrogen and oxygen atoms in total. The van der Waals surface area contributed by atoms with E-state index in [-0.39, 0.29) is 42.8 Å². The van der Waals surface area contributed by atoms with Crippen molar-refractivity contribution in [3.63, 3.8) is 0 Å². The lowest BCUT2D eigenvalue weighted by molar-refractivity contribution is -0.140. The van der Waals surface area contributed by atoms with Crippen LogP contribution >= 0.6 is 11.6 Å². The van der Waals surface area contributed by atoms with E-state index in [9.17, 15) is 22.4 Å². The standard InChI is InChI=1S/C28H31ClFN3O4S/c1-3-32-38(36,37)25-15-10-21(11-16-25)12-17-27(34)33(19-22-8-13-24(30)14-9-22)20(2)28(35)31-18-23-6-4-5-7-26(23)29/h4-11,13-16,20,32H,3,12,17-19H2,1-2H3,(H,31,35)/t20-/m0/s1. The molecule has 0 radical (unpaired) electrons. The maximum absolute atomic E-state index is 13.4. The Morgan fingerprint density at radius 1 is 0.974 bits per heavy atom. The van der Waals surface area contributed by atoms with Gasteiger partial charge in [0.25, 0.3) is 0 Å². The van der Waals surface area contributed by atoms with Crippen molar-refractivity contribution in [2.24, 2.45) is 0 Å². The molecular formula is C28H31ClFN3O4S. The first-order valence-corrected chi connectivity index (χ1v) is 14.1. The number of nitrogens with zero attached hydrogens (tertiary/aromatic N) is 1. The number of amides is 2. The molecule has 10 heteroatoms. The monoisotopic (exact) mass is 559 g/mol. The number of carbonyl (C=O) groups excluding carboxylic acids is 2. The zero-order valence-electron chi connectivity index (χ0n) is 21.3. The summed E-state index contributed by atoms with van der Waals surface area (Å²) in [4.78, 5) is 27.9. The molecule has 0 aliphatic rings. The first-order valence-electron chi connectivity index (χ1n) is 12.2. The minimum absolute atomic E-state index is 0.0998. The van der Waals surface area contributed by atoms with Crippen molar-refractivity contribution in [2.45, 2.75) is 50.7 Å². The Hall–Kier alpha value is -3.27. The van der Waals surface area contributed by atoms with E-state index >= 15 is 0 Å². The van der Waals surface area contributed by atoms with Crippen LogP contribution in [0.5, 0.6) is 0 Å². The molecule has 1 atom stereocenters. The molecule has 3 rings (SSSR count). The average molecular weight is 560 g/mol. The summed E-state index contributed by atoms with van der Waals surface area (Å²) >= 11 is 6.19. The van der Waals surface area contributed by atoms with Gasteiger partial charge < -0.3 is 10.2 Å². The van der Waals surface area contributed by atoms with Crippen LogP contribution in [-0.4, -0.2) is 37.7 Å². The minimum Gasteiger partial charge on any atom is -0.350 e. The van der Waals surface area contributed by atoms with Gasteiger partial charge in [-0.2, -0.15) is 0 Å². The Morgan fingerprint density at radius 2 is 1.61 bits per heavy atom. The van der Waals surface area contributed by atoms with Crippen LogP contribution < -0.4 is 10.0 Å². The number of sulfonamides is 1. The fourth-order valence-corrected chi connectivity index (χ4v) is 5.09. The molecule has 0 aromatic heterocycles. The van der Waals surface area contributed by atoms with Crippen LogP contribution in [0, 0.1) is 5.82 Å². The van der Waals surface area contributed by atoms with Gasteiger partial charge in [0.1, 0.15) is 11.9 Å². The number of aryl methyl sites for hydroxylation is 1. The highest BCUT2D eigenvalue weighted by Gasteiger charge is 2.26. The fourth-order valence-electron chi connectivity index (χ4n) is 3.84. The van der Waals surface area contributed by atoms with Crippen molar-refractivity contribution >= 4 is 33.4 Å². The van der Waals surface area contributed by atoms with Crippen molar-refractivity contribution in [3.8, 4) is 0 Å². The van der Waals surface area contributed by atoms with Gasteiger partial charge in [0.15, 0.2) is 0 Å². The number of rotatable bonds is 12. The molecule has 0 saturated carbocycles. The lowest BCUT2D eigenvalue weighted by atomic mass is 10.1. The largest absolute Gasteiger partial charge is 0.350 e. The second-order valence-electron chi connectivity index (χ2n) is 8.78. The number of nitrogens with one attached hydrogen (secondary N) is 2. The Balaban J connectivity index is 1.71. The first-order chi connectivity index (χ1) is 18.1. The maximum Gasteiger partial charge on any atom is 0.242 e. The lowest BCUT2D eigenvalue weighted by Gasteiger charge is -2.29. The molecule has 0 unspecified atom stereocenters. The van der Waals surface area contributed by atoms with Crippen LogP contribution in [0.4, 0.5) is 4.39 Å². The number of benzene rings is 3. The van der Waals surface area contributed by atoms with Crippen molar-refractivity contribution in [2.75, 3.05) is 6.54 Å². The van der Waals surface area contributed by atoms with Gasteiger partial charge in [0.2, 0.25) is 21.8 Å². The summed E-state index contributed by atoms with van der Waals surface area (Å²) in [5.74, 6) is -1.01. The minimum atomic E-state index is -3.56. The Labute approximate surface area is 228 Å². The number of halogens is 2. The molecule has 0 heterocycles. The summed E-state index contributed by atoms with van der Waals surface area (Å²) in [5.41, 5.74) is 2.22. The molecule has 3 aromatic carbocycles. The summed E-state index contributed by atoms with van der Waals surface area (Å²) in [6.07, 6.45) is 0.455. The molecule has 0 aliphatic heterocycles. The third-order valence-electron chi connectivity index (χ3n) is 6.04. The third kappa shape index (κ3) is 8.11. The summed E-state index contributed by atoms with van der Waals surface area (Å²) in [5, 5.41) is 3.37. The second kappa shape index (κ2) is 13.5. The van der Waals surface area contributed by atoms with Crippen LogP contribution in [0.2, 0.25) is 5.02 Å². The molecule has 38 heavy (non-hydrogen) atoms. The average Bonchev–Trinajstić information content (AvgIpc) is 2.90. The summed E-state index contributed by atoms with van der Waals surface area (Å²) in [6, 6.07) is 18.5. The van der Waals surface area contributed by atoms with Crippen molar-refractivity contribution in [1.82, 2.24) is 14.9 Å². The summed E-state index contributed by atoms with van der Waals surface area (Å²) in [7, 11) is -3.56. The summed E-state index contributed by atoms with van der Waals surface area (Å²) in [6.45, 7) is 3.97. The zero-order chi connectivity index (χ0) is 27.7. The second-order valence-corrected chi connectivity index (χ2v) is 11.0. The van der Waals surface area contributed by atoms with Crippen molar-refractivity contribution in [3.05, 3.63) is 100 Å². The van der Waals surface area contributed by atoms with Crippen LogP contribution in [0.15, 0.2) is 77.7 Å². The van der Waals surface area contributed by atoms with E-state index in [4.69, 9.17) is 11.6 Å². The van der Waals surface area contributed by atoms with Gasteiger partial charge in [-0.3, -0.25) is 9.59 Å². The maximum atomic E-state index is 13.4. The molecular weight excluding hydrogens is 529 g/mol. The van der Waals surface area contributed by atoms with Crippen molar-refractivity contribution in [1.29, 1.82) is 0 Å². The summed E-state index contributed by atoms with van der Waals surface area (Å²) < 4.78 is 40.2. The normalized spacial score (nSPS) is 12.1. The highest BCUT2D eigenvalue weighted by atomic mass is 35.5. The van der Waals surface area contributed by atoms with Gasteiger partial charge in [0.05, 0.1) is 4.90 Å². The first kappa shape index (κ1) is 29.3. The van der Waals surface area contributed by atoms with E-state index in [1.54, 1.807) is 50.2 Å². The highest BCUT2D eigenvalue weighted by molar-refractivity contribution is 7.89. The Morgan fingerprint density at radius 3 is 2.24 bits per heavy atom. The molecule has 202 valence electrons. The number of hydrogen-bond donors (Lipinski definition) is 2. The van der Waals surface area contributed by atoms with E-state index in [0.29, 0.717) is 17.0 Å². The number of carbonyl (C=O) groups is 2. The lowest BCUT2D eigenvalue weighted by Crippen LogP contribution is -2.47. The van der Waals surface area contributed by atoms with Crippen LogP contribution in [0.1, 0.15) is 37.0 Å². The van der Waals surface area contributed by atoms with E-state index < -0.39 is 21.9 Å². The molecule has 0 fully saturated rings. The molecule has 0 saturated heterocycles. The van der Waals surface area contributed by atoms with E-state index in [1.165, 1.54) is 29.2 Å². The molecule has 2 N–H and O–H groups in total. The number of hydrogen-bond acceptors (Lipinski definition) is 4. The van der Waals surface area contributed by atoms with Gasteiger partial charge in [-0.1, -0.05) is 61.0 Å². The highest BCUT2D eigenvalue weighted by Crippen LogP contribution is 2.17. The van der Waals surface area contributed by atoms with Gasteiger partial charge >= 0.3 is 0 Å². The fraction of sp³-hybridized carbons (Fsp3) is 0.286. The third-order valence-corrected chi connectivity index (χ3v) is 7.97. The van der Waals surface area contributed by atoms with Gasteiger partial charge in [-0.15, -0.1) is 0 Å². The molecule has 0 spiro atoms. The predicted molar refractivity (Wildman–Crippen MR) is 145 cm³/mol.